The molecule has 0 aliphatic heterocycles. The van der Waals surface area contributed by atoms with Gasteiger partial charge in [0.1, 0.15) is 5.78 Å². The van der Waals surface area contributed by atoms with Crippen LogP contribution in [-0.2, 0) is 14.8 Å². The van der Waals surface area contributed by atoms with Gasteiger partial charge in [-0.2, -0.15) is 0 Å². The van der Waals surface area contributed by atoms with Gasteiger partial charge < -0.3 is 0 Å². The van der Waals surface area contributed by atoms with E-state index >= 15 is 0 Å². The number of nitrogens with one attached hydrogen (secondary N) is 1. The van der Waals surface area contributed by atoms with E-state index in [0.717, 1.165) is 6.42 Å². The van der Waals surface area contributed by atoms with E-state index in [4.69, 9.17) is 0 Å². The van der Waals surface area contributed by atoms with Gasteiger partial charge >= 0.3 is 0 Å². The van der Waals surface area contributed by atoms with E-state index in [1.54, 1.807) is 24.3 Å². The second-order valence-corrected chi connectivity index (χ2v) is 6.24. The molecular weight excluding hydrogens is 262 g/mol. The van der Waals surface area contributed by atoms with Crippen molar-refractivity contribution in [2.75, 3.05) is 6.54 Å². The lowest BCUT2D eigenvalue weighted by Gasteiger charge is -2.16. The summed E-state index contributed by atoms with van der Waals surface area (Å²) in [6, 6.07) is 6.71. The summed E-state index contributed by atoms with van der Waals surface area (Å²) in [7, 11) is -3.54. The van der Waals surface area contributed by atoms with Crippen LogP contribution in [0.15, 0.2) is 29.2 Å². The Labute approximate surface area is 115 Å². The largest absolute Gasteiger partial charge is 0.299 e. The summed E-state index contributed by atoms with van der Waals surface area (Å²) < 4.78 is 27.0. The van der Waals surface area contributed by atoms with Crippen molar-refractivity contribution >= 4 is 15.8 Å². The van der Waals surface area contributed by atoms with Crippen LogP contribution in [0.2, 0.25) is 0 Å². The number of rotatable bonds is 7. The third-order valence-electron chi connectivity index (χ3n) is 3.02. The smallest absolute Gasteiger partial charge is 0.240 e. The predicted octanol–water partition coefficient (Wildman–Crippen LogP) is 2.46. The normalized spacial score (nSPS) is 13.2. The van der Waals surface area contributed by atoms with Crippen molar-refractivity contribution in [1.29, 1.82) is 0 Å². The summed E-state index contributed by atoms with van der Waals surface area (Å²) in [6.07, 6.45) is 1.32. The Kier molecular flexibility index (Phi) is 5.69. The van der Waals surface area contributed by atoms with Crippen LogP contribution in [0.4, 0.5) is 0 Å². The molecule has 0 saturated heterocycles. The molecule has 0 heterocycles. The second-order valence-electron chi connectivity index (χ2n) is 4.51. The molecule has 0 aromatic heterocycles. The number of Topliss-reactive ketones (excluding diaryl/α,β-unsaturated/α-hetero) is 1. The molecule has 0 saturated carbocycles. The van der Waals surface area contributed by atoms with Gasteiger partial charge in [-0.1, -0.05) is 32.0 Å². The van der Waals surface area contributed by atoms with Gasteiger partial charge in [-0.05, 0) is 31.4 Å². The third kappa shape index (κ3) is 3.88. The van der Waals surface area contributed by atoms with E-state index in [1.165, 1.54) is 6.92 Å². The standard InChI is InChI=1S/C14H21NO3S/c1-4-10-15-19(17,18)14-9-7-6-8-13(14)12(5-2)11(3)16/h6-9,12,15H,4-5,10H2,1-3H3. The van der Waals surface area contributed by atoms with Gasteiger partial charge in [-0.25, -0.2) is 13.1 Å². The minimum absolute atomic E-state index is 0.0133. The molecule has 1 N–H and O–H groups in total. The van der Waals surface area contributed by atoms with Crippen LogP contribution in [0.25, 0.3) is 0 Å². The molecule has 0 aliphatic carbocycles. The van der Waals surface area contributed by atoms with Crippen LogP contribution < -0.4 is 4.72 Å². The van der Waals surface area contributed by atoms with Crippen molar-refractivity contribution in [2.24, 2.45) is 0 Å². The number of ketones is 1. The highest BCUT2D eigenvalue weighted by molar-refractivity contribution is 7.89. The highest BCUT2D eigenvalue weighted by Crippen LogP contribution is 2.27. The zero-order chi connectivity index (χ0) is 14.5. The van der Waals surface area contributed by atoms with Crippen molar-refractivity contribution < 1.29 is 13.2 Å². The number of carbonyl (C=O) groups is 1. The number of hydrogen-bond acceptors (Lipinski definition) is 3. The summed E-state index contributed by atoms with van der Waals surface area (Å²) in [5, 5.41) is 0. The van der Waals surface area contributed by atoms with Crippen molar-refractivity contribution in [3.63, 3.8) is 0 Å². The average molecular weight is 283 g/mol. The second kappa shape index (κ2) is 6.82. The van der Waals surface area contributed by atoms with Crippen LogP contribution in [0.3, 0.4) is 0 Å². The zero-order valence-corrected chi connectivity index (χ0v) is 12.5. The van der Waals surface area contributed by atoms with Crippen LogP contribution in [-0.4, -0.2) is 20.7 Å². The van der Waals surface area contributed by atoms with Crippen molar-refractivity contribution in [3.8, 4) is 0 Å². The summed E-state index contributed by atoms with van der Waals surface area (Å²) in [6.45, 7) is 5.68. The Morgan fingerprint density at radius 3 is 2.42 bits per heavy atom. The van der Waals surface area contributed by atoms with Gasteiger partial charge in [0.05, 0.1) is 4.90 Å². The molecule has 5 heteroatoms. The summed E-state index contributed by atoms with van der Waals surface area (Å²) >= 11 is 0. The number of carbonyl (C=O) groups excluding carboxylic acids is 1. The molecule has 0 amide bonds. The summed E-state index contributed by atoms with van der Waals surface area (Å²) in [5.74, 6) is -0.380. The maximum Gasteiger partial charge on any atom is 0.240 e. The van der Waals surface area contributed by atoms with E-state index < -0.39 is 10.0 Å². The predicted molar refractivity (Wildman–Crippen MR) is 75.6 cm³/mol. The number of benzene rings is 1. The first-order chi connectivity index (χ1) is 8.94. The molecule has 0 aliphatic rings. The fraction of sp³-hybridized carbons (Fsp3) is 0.500. The molecule has 106 valence electrons. The first kappa shape index (κ1) is 15.9. The molecule has 0 fully saturated rings. The molecule has 1 atom stereocenters. The van der Waals surface area contributed by atoms with Gasteiger partial charge in [0, 0.05) is 12.5 Å². The van der Waals surface area contributed by atoms with E-state index in [2.05, 4.69) is 4.72 Å². The van der Waals surface area contributed by atoms with E-state index in [1.807, 2.05) is 13.8 Å². The molecule has 1 unspecified atom stereocenters. The molecule has 1 rings (SSSR count). The zero-order valence-electron chi connectivity index (χ0n) is 11.6. The van der Waals surface area contributed by atoms with Crippen molar-refractivity contribution in [3.05, 3.63) is 29.8 Å². The topological polar surface area (TPSA) is 63.2 Å². The third-order valence-corrected chi connectivity index (χ3v) is 4.56. The molecule has 4 nitrogen and oxygen atoms in total. The maximum absolute atomic E-state index is 12.2. The van der Waals surface area contributed by atoms with Gasteiger partial charge in [0.2, 0.25) is 10.0 Å². The van der Waals surface area contributed by atoms with Gasteiger partial charge in [-0.3, -0.25) is 4.79 Å². The number of sulfonamides is 1. The fourth-order valence-corrected chi connectivity index (χ4v) is 3.46. The first-order valence-electron chi connectivity index (χ1n) is 6.53. The fourth-order valence-electron chi connectivity index (χ4n) is 2.05. The molecule has 1 aromatic rings. The molecule has 0 radical (unpaired) electrons. The SMILES string of the molecule is CCCNS(=O)(=O)c1ccccc1C(CC)C(C)=O. The quantitative estimate of drug-likeness (QED) is 0.836. The molecule has 0 bridgehead atoms. The molecular formula is C14H21NO3S. The highest BCUT2D eigenvalue weighted by atomic mass is 32.2. The van der Waals surface area contributed by atoms with Gasteiger partial charge in [0.15, 0.2) is 0 Å². The van der Waals surface area contributed by atoms with Crippen LogP contribution in [0.1, 0.15) is 45.1 Å². The molecule has 19 heavy (non-hydrogen) atoms. The molecule has 1 aromatic carbocycles. The Morgan fingerprint density at radius 1 is 1.26 bits per heavy atom. The minimum atomic E-state index is -3.54. The Balaban J connectivity index is 3.26. The molecule has 0 spiro atoms. The first-order valence-corrected chi connectivity index (χ1v) is 8.01. The Bertz CT molecular complexity index is 537. The maximum atomic E-state index is 12.2. The highest BCUT2D eigenvalue weighted by Gasteiger charge is 2.24. The Morgan fingerprint density at radius 2 is 1.89 bits per heavy atom. The monoisotopic (exact) mass is 283 g/mol. The lowest BCUT2D eigenvalue weighted by atomic mass is 9.93. The van der Waals surface area contributed by atoms with E-state index in [-0.39, 0.29) is 16.6 Å². The summed E-state index contributed by atoms with van der Waals surface area (Å²) in [4.78, 5) is 11.9. The number of hydrogen-bond donors (Lipinski definition) is 1. The van der Waals surface area contributed by atoms with Gasteiger partial charge in [-0.15, -0.1) is 0 Å². The average Bonchev–Trinajstić information content (AvgIpc) is 2.37. The van der Waals surface area contributed by atoms with E-state index in [9.17, 15) is 13.2 Å². The van der Waals surface area contributed by atoms with Gasteiger partial charge in [0.25, 0.3) is 0 Å². The van der Waals surface area contributed by atoms with Crippen LogP contribution >= 0.6 is 0 Å². The van der Waals surface area contributed by atoms with Crippen LogP contribution in [0, 0.1) is 0 Å². The summed E-state index contributed by atoms with van der Waals surface area (Å²) in [5.41, 5.74) is 0.584. The minimum Gasteiger partial charge on any atom is -0.299 e. The lowest BCUT2D eigenvalue weighted by molar-refractivity contribution is -0.118. The Hall–Kier alpha value is -1.20. The lowest BCUT2D eigenvalue weighted by Crippen LogP contribution is -2.26. The van der Waals surface area contributed by atoms with E-state index in [0.29, 0.717) is 18.5 Å². The van der Waals surface area contributed by atoms with Crippen LogP contribution in [0.5, 0.6) is 0 Å². The van der Waals surface area contributed by atoms with Crippen molar-refractivity contribution in [1.82, 2.24) is 4.72 Å². The van der Waals surface area contributed by atoms with Crippen molar-refractivity contribution in [2.45, 2.75) is 44.4 Å².